The van der Waals surface area contributed by atoms with E-state index in [9.17, 15) is 9.18 Å². The first kappa shape index (κ1) is 12.4. The van der Waals surface area contributed by atoms with E-state index in [0.717, 1.165) is 25.7 Å². The Kier molecular flexibility index (Phi) is 3.11. The number of para-hydroxylation sites is 1. The quantitative estimate of drug-likeness (QED) is 0.844. The second kappa shape index (κ2) is 4.78. The average molecular weight is 261 g/mol. The number of carbonyl (C=O) groups excluding carboxylic acids is 1. The van der Waals surface area contributed by atoms with Gasteiger partial charge in [0.2, 0.25) is 5.78 Å². The number of hydrogen-bond acceptors (Lipinski definition) is 3. The number of Topliss-reactive ketones (excluding diaryl/α,β-unsaturated/α-hetero) is 1. The minimum Gasteiger partial charge on any atom is -0.450 e. The molecular weight excluding hydrogens is 245 g/mol. The molecular formula is C15H16FNO2. The van der Waals surface area contributed by atoms with E-state index >= 15 is 0 Å². The normalized spacial score (nSPS) is 23.7. The zero-order valence-electron chi connectivity index (χ0n) is 10.6. The van der Waals surface area contributed by atoms with E-state index in [2.05, 4.69) is 0 Å². The Balaban J connectivity index is 1.87. The number of hydrogen-bond donors (Lipinski definition) is 1. The predicted octanol–water partition coefficient (Wildman–Crippen LogP) is 3.27. The molecule has 0 saturated heterocycles. The molecule has 0 atom stereocenters. The Morgan fingerprint density at radius 2 is 2.00 bits per heavy atom. The number of ketones is 1. The molecule has 19 heavy (non-hydrogen) atoms. The third kappa shape index (κ3) is 2.28. The summed E-state index contributed by atoms with van der Waals surface area (Å²) in [5.74, 6) is -0.228. The monoisotopic (exact) mass is 261 g/mol. The van der Waals surface area contributed by atoms with Crippen LogP contribution >= 0.6 is 0 Å². The van der Waals surface area contributed by atoms with Gasteiger partial charge in [0.1, 0.15) is 0 Å². The minimum atomic E-state index is -0.429. The van der Waals surface area contributed by atoms with Gasteiger partial charge in [-0.1, -0.05) is 12.1 Å². The fraction of sp³-hybridized carbons (Fsp3) is 0.400. The number of benzene rings is 1. The number of halogens is 1. The van der Waals surface area contributed by atoms with Crippen molar-refractivity contribution in [3.8, 4) is 0 Å². The van der Waals surface area contributed by atoms with Crippen molar-refractivity contribution in [1.82, 2.24) is 0 Å². The first-order valence-electron chi connectivity index (χ1n) is 6.63. The van der Waals surface area contributed by atoms with E-state index in [0.29, 0.717) is 5.39 Å². The van der Waals surface area contributed by atoms with Crippen molar-refractivity contribution in [3.05, 3.63) is 35.8 Å². The molecule has 1 fully saturated rings. The van der Waals surface area contributed by atoms with E-state index in [1.807, 2.05) is 0 Å². The van der Waals surface area contributed by atoms with Gasteiger partial charge in [-0.2, -0.15) is 0 Å². The lowest BCUT2D eigenvalue weighted by atomic mass is 9.83. The maximum Gasteiger partial charge on any atom is 0.201 e. The standard InChI is InChI=1S/C15H16FNO2/c16-12-3-1-2-10-8-13(19-15(10)12)14(18)9-4-6-11(17)7-5-9/h1-3,8-9,11H,4-7,17H2. The molecule has 0 spiro atoms. The van der Waals surface area contributed by atoms with Gasteiger partial charge in [-0.25, -0.2) is 4.39 Å². The zero-order valence-corrected chi connectivity index (χ0v) is 10.6. The molecule has 2 N–H and O–H groups in total. The van der Waals surface area contributed by atoms with E-state index in [1.165, 1.54) is 6.07 Å². The Morgan fingerprint density at radius 3 is 2.68 bits per heavy atom. The molecule has 1 heterocycles. The largest absolute Gasteiger partial charge is 0.450 e. The number of furan rings is 1. The van der Waals surface area contributed by atoms with Gasteiger partial charge in [-0.3, -0.25) is 4.79 Å². The molecule has 0 radical (unpaired) electrons. The molecule has 100 valence electrons. The molecule has 1 aromatic carbocycles. The highest BCUT2D eigenvalue weighted by Crippen LogP contribution is 2.29. The molecule has 1 aromatic heterocycles. The third-order valence-electron chi connectivity index (χ3n) is 3.88. The van der Waals surface area contributed by atoms with Crippen LogP contribution in [0.25, 0.3) is 11.0 Å². The summed E-state index contributed by atoms with van der Waals surface area (Å²) in [6.07, 6.45) is 3.31. The van der Waals surface area contributed by atoms with Gasteiger partial charge >= 0.3 is 0 Å². The second-order valence-corrected chi connectivity index (χ2v) is 5.24. The van der Waals surface area contributed by atoms with E-state index in [1.54, 1.807) is 18.2 Å². The van der Waals surface area contributed by atoms with Gasteiger partial charge in [0.05, 0.1) is 0 Å². The molecule has 3 rings (SSSR count). The van der Waals surface area contributed by atoms with Crippen LogP contribution in [0.1, 0.15) is 36.2 Å². The highest BCUT2D eigenvalue weighted by molar-refractivity contribution is 5.99. The van der Waals surface area contributed by atoms with Crippen molar-refractivity contribution >= 4 is 16.8 Å². The summed E-state index contributed by atoms with van der Waals surface area (Å²) in [4.78, 5) is 12.3. The van der Waals surface area contributed by atoms with Crippen LogP contribution in [0.5, 0.6) is 0 Å². The lowest BCUT2D eigenvalue weighted by Crippen LogP contribution is -2.29. The van der Waals surface area contributed by atoms with Crippen molar-refractivity contribution in [2.24, 2.45) is 11.7 Å². The molecule has 1 aliphatic carbocycles. The lowest BCUT2D eigenvalue weighted by molar-refractivity contribution is 0.0858. The summed E-state index contributed by atoms with van der Waals surface area (Å²) < 4.78 is 18.9. The Labute approximate surface area is 110 Å². The van der Waals surface area contributed by atoms with Crippen molar-refractivity contribution in [2.75, 3.05) is 0 Å². The number of rotatable bonds is 2. The summed E-state index contributed by atoms with van der Waals surface area (Å²) in [6.45, 7) is 0. The summed E-state index contributed by atoms with van der Waals surface area (Å²) >= 11 is 0. The smallest absolute Gasteiger partial charge is 0.201 e. The topological polar surface area (TPSA) is 56.2 Å². The zero-order chi connectivity index (χ0) is 13.4. The molecule has 2 aromatic rings. The summed E-state index contributed by atoms with van der Waals surface area (Å²) in [5, 5.41) is 0.635. The van der Waals surface area contributed by atoms with E-state index in [-0.39, 0.29) is 29.1 Å². The van der Waals surface area contributed by atoms with Crippen molar-refractivity contribution in [1.29, 1.82) is 0 Å². The third-order valence-corrected chi connectivity index (χ3v) is 3.88. The van der Waals surface area contributed by atoms with Crippen LogP contribution in [0.3, 0.4) is 0 Å². The highest BCUT2D eigenvalue weighted by atomic mass is 19.1. The Hall–Kier alpha value is -1.68. The van der Waals surface area contributed by atoms with Gasteiger partial charge in [0.15, 0.2) is 17.2 Å². The van der Waals surface area contributed by atoms with Gasteiger partial charge in [0.25, 0.3) is 0 Å². The van der Waals surface area contributed by atoms with Gasteiger partial charge < -0.3 is 10.2 Å². The van der Waals surface area contributed by atoms with Crippen LogP contribution in [0, 0.1) is 11.7 Å². The van der Waals surface area contributed by atoms with Crippen LogP contribution in [0.2, 0.25) is 0 Å². The molecule has 0 unspecified atom stereocenters. The average Bonchev–Trinajstić information content (AvgIpc) is 2.84. The molecule has 4 heteroatoms. The lowest BCUT2D eigenvalue weighted by Gasteiger charge is -2.24. The maximum atomic E-state index is 13.5. The molecule has 0 amide bonds. The van der Waals surface area contributed by atoms with Gasteiger partial charge in [-0.15, -0.1) is 0 Å². The molecule has 1 saturated carbocycles. The summed E-state index contributed by atoms with van der Waals surface area (Å²) in [6, 6.07) is 6.53. The van der Waals surface area contributed by atoms with Crippen molar-refractivity contribution in [3.63, 3.8) is 0 Å². The first-order valence-corrected chi connectivity index (χ1v) is 6.63. The number of fused-ring (bicyclic) bond motifs is 1. The second-order valence-electron chi connectivity index (χ2n) is 5.24. The number of nitrogens with two attached hydrogens (primary N) is 1. The van der Waals surface area contributed by atoms with Crippen LogP contribution in [-0.4, -0.2) is 11.8 Å². The van der Waals surface area contributed by atoms with Crippen molar-refractivity contribution < 1.29 is 13.6 Å². The summed E-state index contributed by atoms with van der Waals surface area (Å²) in [7, 11) is 0. The van der Waals surface area contributed by atoms with E-state index < -0.39 is 5.82 Å². The molecule has 1 aliphatic rings. The SMILES string of the molecule is NC1CCC(C(=O)c2cc3cccc(F)c3o2)CC1. The molecule has 0 bridgehead atoms. The highest BCUT2D eigenvalue weighted by Gasteiger charge is 2.27. The first-order chi connectivity index (χ1) is 9.15. The predicted molar refractivity (Wildman–Crippen MR) is 70.4 cm³/mol. The number of carbonyl (C=O) groups is 1. The maximum absolute atomic E-state index is 13.5. The Morgan fingerprint density at radius 1 is 1.26 bits per heavy atom. The van der Waals surface area contributed by atoms with Crippen molar-refractivity contribution in [2.45, 2.75) is 31.7 Å². The van der Waals surface area contributed by atoms with Crippen LogP contribution < -0.4 is 5.73 Å². The van der Waals surface area contributed by atoms with Crippen LogP contribution in [0.4, 0.5) is 4.39 Å². The van der Waals surface area contributed by atoms with Gasteiger partial charge in [-0.05, 0) is 37.8 Å². The van der Waals surface area contributed by atoms with Crippen LogP contribution in [-0.2, 0) is 0 Å². The van der Waals surface area contributed by atoms with Crippen LogP contribution in [0.15, 0.2) is 28.7 Å². The fourth-order valence-electron chi connectivity index (χ4n) is 2.73. The van der Waals surface area contributed by atoms with E-state index in [4.69, 9.17) is 10.2 Å². The minimum absolute atomic E-state index is 0.0255. The molecule has 3 nitrogen and oxygen atoms in total. The molecule has 0 aliphatic heterocycles. The van der Waals surface area contributed by atoms with Gasteiger partial charge in [0, 0.05) is 17.3 Å². The fourth-order valence-corrected chi connectivity index (χ4v) is 2.73. The Bertz CT molecular complexity index is 612. The summed E-state index contributed by atoms with van der Waals surface area (Å²) in [5.41, 5.74) is 6.00.